The van der Waals surface area contributed by atoms with Crippen LogP contribution in [0.4, 0.5) is 0 Å². The Hall–Kier alpha value is -1.65. The van der Waals surface area contributed by atoms with Gasteiger partial charge >= 0.3 is 0 Å². The van der Waals surface area contributed by atoms with E-state index in [2.05, 4.69) is 66.1 Å². The first-order valence-corrected chi connectivity index (χ1v) is 8.10. The van der Waals surface area contributed by atoms with Gasteiger partial charge in [-0.25, -0.2) is 4.98 Å². The minimum absolute atomic E-state index is 0.145. The van der Waals surface area contributed by atoms with E-state index in [9.17, 15) is 0 Å². The molecule has 3 rings (SSSR count). The zero-order valence-electron chi connectivity index (χ0n) is 12.8. The third-order valence-electron chi connectivity index (χ3n) is 3.45. The Kier molecular flexibility index (Phi) is 3.83. The lowest BCUT2D eigenvalue weighted by Crippen LogP contribution is -2.35. The minimum atomic E-state index is 0.145. The van der Waals surface area contributed by atoms with Gasteiger partial charge in [0, 0.05) is 35.4 Å². The number of aromatic nitrogens is 2. The Bertz CT molecular complexity index is 720. The molecule has 0 atom stereocenters. The highest BCUT2D eigenvalue weighted by Crippen LogP contribution is 2.20. The molecule has 0 aliphatic heterocycles. The summed E-state index contributed by atoms with van der Waals surface area (Å²) in [6, 6.07) is 8.87. The van der Waals surface area contributed by atoms with Crippen LogP contribution in [0.5, 0.6) is 0 Å². The van der Waals surface area contributed by atoms with Crippen LogP contribution in [0, 0.1) is 0 Å². The first-order valence-electron chi connectivity index (χ1n) is 7.22. The number of fused-ring (bicyclic) bond motifs is 1. The minimum Gasteiger partial charge on any atom is -0.341 e. The van der Waals surface area contributed by atoms with E-state index in [1.54, 1.807) is 11.3 Å². The monoisotopic (exact) mass is 299 g/mol. The maximum Gasteiger partial charge on any atom is 0.112 e. The summed E-state index contributed by atoms with van der Waals surface area (Å²) in [5.41, 5.74) is 2.74. The topological polar surface area (TPSA) is 29.9 Å². The molecule has 3 nitrogen and oxygen atoms in total. The summed E-state index contributed by atoms with van der Waals surface area (Å²) in [5, 5.41) is 7.99. The Morgan fingerprint density at radius 1 is 1.24 bits per heavy atom. The summed E-state index contributed by atoms with van der Waals surface area (Å²) < 4.78 is 2.26. The van der Waals surface area contributed by atoms with Crippen LogP contribution in [0.3, 0.4) is 0 Å². The maximum atomic E-state index is 4.36. The fourth-order valence-corrected chi connectivity index (χ4v) is 2.96. The summed E-state index contributed by atoms with van der Waals surface area (Å²) in [6.45, 7) is 8.32. The molecular weight excluding hydrogens is 278 g/mol. The molecule has 2 aromatic heterocycles. The summed E-state index contributed by atoms with van der Waals surface area (Å²) >= 11 is 1.70. The van der Waals surface area contributed by atoms with Crippen molar-refractivity contribution in [2.45, 2.75) is 39.4 Å². The molecule has 0 saturated heterocycles. The average Bonchev–Trinajstić information content (AvgIpc) is 3.06. The van der Waals surface area contributed by atoms with E-state index in [1.165, 1.54) is 16.5 Å². The number of benzene rings is 1. The molecule has 0 spiro atoms. The lowest BCUT2D eigenvalue weighted by molar-refractivity contribution is 0.424. The number of thiazole rings is 1. The molecule has 0 aliphatic rings. The van der Waals surface area contributed by atoms with Gasteiger partial charge in [-0.15, -0.1) is 11.3 Å². The van der Waals surface area contributed by atoms with Crippen molar-refractivity contribution in [2.24, 2.45) is 0 Å². The summed E-state index contributed by atoms with van der Waals surface area (Å²) in [5.74, 6) is 0. The fraction of sp³-hybridized carbons (Fsp3) is 0.353. The highest BCUT2D eigenvalue weighted by Gasteiger charge is 2.09. The summed E-state index contributed by atoms with van der Waals surface area (Å²) in [6.07, 6.45) is 4.01. The first kappa shape index (κ1) is 14.3. The second kappa shape index (κ2) is 5.62. The Labute approximate surface area is 129 Å². The predicted octanol–water partition coefficient (Wildman–Crippen LogP) is 4.03. The van der Waals surface area contributed by atoms with Crippen molar-refractivity contribution in [2.75, 3.05) is 0 Å². The molecule has 0 unspecified atom stereocenters. The van der Waals surface area contributed by atoms with Gasteiger partial charge < -0.3 is 9.88 Å². The van der Waals surface area contributed by atoms with Crippen LogP contribution in [-0.4, -0.2) is 15.1 Å². The second-order valence-corrected chi connectivity index (χ2v) is 7.35. The molecule has 1 aromatic carbocycles. The number of hydrogen-bond donors (Lipinski definition) is 1. The van der Waals surface area contributed by atoms with Crippen LogP contribution in [0.1, 0.15) is 31.3 Å². The molecule has 0 bridgehead atoms. The number of hydrogen-bond acceptors (Lipinski definition) is 3. The van der Waals surface area contributed by atoms with Crippen LogP contribution >= 0.6 is 11.3 Å². The van der Waals surface area contributed by atoms with E-state index in [0.29, 0.717) is 0 Å². The zero-order valence-corrected chi connectivity index (χ0v) is 13.6. The molecule has 0 fully saturated rings. The van der Waals surface area contributed by atoms with Crippen molar-refractivity contribution >= 4 is 22.2 Å². The van der Waals surface area contributed by atoms with Crippen molar-refractivity contribution in [3.63, 3.8) is 0 Å². The zero-order chi connectivity index (χ0) is 14.9. The molecule has 3 aromatic rings. The standard InChI is InChI=1S/C17H21N3S/c1-17(2,3)19-11-13-4-5-15-14(10-13)6-8-20(15)12-16-18-7-9-21-16/h4-10,19H,11-12H2,1-3H3. The maximum absolute atomic E-state index is 4.36. The van der Waals surface area contributed by atoms with Gasteiger partial charge in [-0.2, -0.15) is 0 Å². The molecular formula is C17H21N3S. The third-order valence-corrected chi connectivity index (χ3v) is 4.21. The summed E-state index contributed by atoms with van der Waals surface area (Å²) in [7, 11) is 0. The fourth-order valence-electron chi connectivity index (χ4n) is 2.34. The van der Waals surface area contributed by atoms with Gasteiger partial charge in [0.15, 0.2) is 0 Å². The average molecular weight is 299 g/mol. The van der Waals surface area contributed by atoms with Gasteiger partial charge in [0.05, 0.1) is 6.54 Å². The summed E-state index contributed by atoms with van der Waals surface area (Å²) in [4.78, 5) is 4.36. The second-order valence-electron chi connectivity index (χ2n) is 6.37. The van der Waals surface area contributed by atoms with Gasteiger partial charge in [-0.1, -0.05) is 6.07 Å². The van der Waals surface area contributed by atoms with Crippen LogP contribution in [0.2, 0.25) is 0 Å². The SMILES string of the molecule is CC(C)(C)NCc1ccc2c(ccn2Cc2nccs2)c1. The lowest BCUT2D eigenvalue weighted by atomic mass is 10.1. The van der Waals surface area contributed by atoms with E-state index in [1.807, 2.05) is 11.6 Å². The van der Waals surface area contributed by atoms with E-state index in [4.69, 9.17) is 0 Å². The molecule has 110 valence electrons. The number of nitrogens with one attached hydrogen (secondary N) is 1. The van der Waals surface area contributed by atoms with Crippen molar-refractivity contribution in [3.8, 4) is 0 Å². The normalized spacial score (nSPS) is 12.1. The Balaban J connectivity index is 1.80. The van der Waals surface area contributed by atoms with Gasteiger partial charge in [0.25, 0.3) is 0 Å². The van der Waals surface area contributed by atoms with Gasteiger partial charge in [-0.3, -0.25) is 0 Å². The van der Waals surface area contributed by atoms with Crippen molar-refractivity contribution in [3.05, 3.63) is 52.6 Å². The van der Waals surface area contributed by atoms with Gasteiger partial charge in [-0.05, 0) is 49.9 Å². The molecule has 0 saturated carbocycles. The van der Waals surface area contributed by atoms with Crippen LogP contribution in [0.25, 0.3) is 10.9 Å². The lowest BCUT2D eigenvalue weighted by Gasteiger charge is -2.20. The largest absolute Gasteiger partial charge is 0.341 e. The van der Waals surface area contributed by atoms with E-state index >= 15 is 0 Å². The Morgan fingerprint density at radius 3 is 2.81 bits per heavy atom. The van der Waals surface area contributed by atoms with Crippen LogP contribution < -0.4 is 5.32 Å². The molecule has 1 N–H and O–H groups in total. The molecule has 0 aliphatic carbocycles. The number of rotatable bonds is 4. The van der Waals surface area contributed by atoms with Crippen LogP contribution in [-0.2, 0) is 13.1 Å². The molecule has 0 radical (unpaired) electrons. The van der Waals surface area contributed by atoms with Gasteiger partial charge in [0.1, 0.15) is 5.01 Å². The quantitative estimate of drug-likeness (QED) is 0.788. The molecule has 0 amide bonds. The van der Waals surface area contributed by atoms with E-state index < -0.39 is 0 Å². The predicted molar refractivity (Wildman–Crippen MR) is 89.7 cm³/mol. The first-order chi connectivity index (χ1) is 10.0. The van der Waals surface area contributed by atoms with E-state index in [-0.39, 0.29) is 5.54 Å². The third kappa shape index (κ3) is 3.52. The van der Waals surface area contributed by atoms with Crippen molar-refractivity contribution in [1.29, 1.82) is 0 Å². The highest BCUT2D eigenvalue weighted by atomic mass is 32.1. The Morgan fingerprint density at radius 2 is 2.10 bits per heavy atom. The smallest absolute Gasteiger partial charge is 0.112 e. The highest BCUT2D eigenvalue weighted by molar-refractivity contribution is 7.09. The molecule has 2 heterocycles. The molecule has 21 heavy (non-hydrogen) atoms. The van der Waals surface area contributed by atoms with Gasteiger partial charge in [0.2, 0.25) is 0 Å². The van der Waals surface area contributed by atoms with Crippen molar-refractivity contribution in [1.82, 2.24) is 14.9 Å². The van der Waals surface area contributed by atoms with E-state index in [0.717, 1.165) is 18.1 Å². The van der Waals surface area contributed by atoms with Crippen molar-refractivity contribution < 1.29 is 0 Å². The molecule has 4 heteroatoms. The number of nitrogens with zero attached hydrogens (tertiary/aromatic N) is 2. The van der Waals surface area contributed by atoms with Crippen LogP contribution in [0.15, 0.2) is 42.0 Å².